The van der Waals surface area contributed by atoms with Crippen LogP contribution in [0.1, 0.15) is 5.56 Å². The fraction of sp³-hybridized carbons (Fsp3) is 0.533. The first-order chi connectivity index (χ1) is 11.0. The minimum absolute atomic E-state index is 0.285. The van der Waals surface area contributed by atoms with Crippen molar-refractivity contribution in [2.45, 2.75) is 11.0 Å². The Morgan fingerprint density at radius 3 is 2.65 bits per heavy atom. The zero-order valence-electron chi connectivity index (χ0n) is 13.1. The number of piperazine rings is 1. The van der Waals surface area contributed by atoms with Gasteiger partial charge in [-0.1, -0.05) is 12.1 Å². The van der Waals surface area contributed by atoms with E-state index in [9.17, 15) is 13.5 Å². The lowest BCUT2D eigenvalue weighted by molar-refractivity contribution is 0.0298. The summed E-state index contributed by atoms with van der Waals surface area (Å²) in [5, 5.41) is 9.79. The molecular weight excluding hydrogens is 318 g/mol. The Kier molecular flexibility index (Phi) is 4.67. The number of amidine groups is 1. The van der Waals surface area contributed by atoms with Crippen molar-refractivity contribution < 1.29 is 18.3 Å². The van der Waals surface area contributed by atoms with Crippen molar-refractivity contribution in [3.63, 3.8) is 0 Å². The third-order valence-electron chi connectivity index (χ3n) is 4.11. The summed E-state index contributed by atoms with van der Waals surface area (Å²) in [4.78, 5) is 4.44. The molecule has 1 fully saturated rings. The number of rotatable bonds is 4. The molecule has 0 radical (unpaired) electrons. The molecule has 23 heavy (non-hydrogen) atoms. The van der Waals surface area contributed by atoms with Crippen LogP contribution >= 0.6 is 0 Å². The first kappa shape index (κ1) is 16.4. The maximum Gasteiger partial charge on any atom is 0.285 e. The van der Waals surface area contributed by atoms with Gasteiger partial charge in [-0.25, -0.2) is 0 Å². The van der Waals surface area contributed by atoms with Crippen molar-refractivity contribution in [1.82, 2.24) is 9.80 Å². The zero-order valence-corrected chi connectivity index (χ0v) is 13.9. The molecule has 0 spiro atoms. The molecule has 8 heteroatoms. The minimum atomic E-state index is -3.57. The molecule has 0 saturated carbocycles. The van der Waals surface area contributed by atoms with Crippen molar-refractivity contribution in [2.75, 3.05) is 46.4 Å². The summed E-state index contributed by atoms with van der Waals surface area (Å²) >= 11 is 0. The molecule has 2 aliphatic heterocycles. The van der Waals surface area contributed by atoms with Gasteiger partial charge in [-0.15, -0.1) is 4.40 Å². The van der Waals surface area contributed by atoms with Crippen LogP contribution in [0.15, 0.2) is 33.6 Å². The summed E-state index contributed by atoms with van der Waals surface area (Å²) in [6.07, 6.45) is -0.503. The van der Waals surface area contributed by atoms with Gasteiger partial charge in [0.15, 0.2) is 5.84 Å². The number of aliphatic hydroxyl groups excluding tert-OH is 1. The van der Waals surface area contributed by atoms with Crippen LogP contribution in [0.4, 0.5) is 0 Å². The average Bonchev–Trinajstić information content (AvgIpc) is 2.81. The quantitative estimate of drug-likeness (QED) is 0.815. The van der Waals surface area contributed by atoms with Crippen LogP contribution in [-0.4, -0.2) is 81.7 Å². The number of aliphatic hydroxyl groups is 1. The highest BCUT2D eigenvalue weighted by Crippen LogP contribution is 2.27. The summed E-state index contributed by atoms with van der Waals surface area (Å²) in [7, 11) is -2.00. The number of fused-ring (bicyclic) bond motifs is 1. The van der Waals surface area contributed by atoms with E-state index in [1.807, 2.05) is 11.0 Å². The Labute approximate surface area is 136 Å². The van der Waals surface area contributed by atoms with Gasteiger partial charge >= 0.3 is 0 Å². The van der Waals surface area contributed by atoms with E-state index >= 15 is 0 Å². The maximum atomic E-state index is 12.1. The van der Waals surface area contributed by atoms with Crippen LogP contribution in [0, 0.1) is 0 Å². The Hall–Kier alpha value is -1.48. The molecule has 2 aliphatic rings. The van der Waals surface area contributed by atoms with E-state index in [0.717, 1.165) is 13.1 Å². The van der Waals surface area contributed by atoms with Crippen LogP contribution in [0.25, 0.3) is 0 Å². The SMILES string of the molecule is COC[C@H](O)CN1CCN(C2=NS(=O)(=O)c3ccccc32)CC1. The molecule has 1 aromatic carbocycles. The average molecular weight is 339 g/mol. The van der Waals surface area contributed by atoms with E-state index in [1.165, 1.54) is 0 Å². The second kappa shape index (κ2) is 6.56. The van der Waals surface area contributed by atoms with Gasteiger partial charge in [0.2, 0.25) is 0 Å². The van der Waals surface area contributed by atoms with Crippen molar-refractivity contribution in [3.8, 4) is 0 Å². The number of hydrogen-bond acceptors (Lipinski definition) is 6. The predicted octanol–water partition coefficient (Wildman–Crippen LogP) is -0.240. The van der Waals surface area contributed by atoms with Crippen LogP contribution < -0.4 is 0 Å². The van der Waals surface area contributed by atoms with Gasteiger partial charge in [0.05, 0.1) is 12.7 Å². The predicted molar refractivity (Wildman–Crippen MR) is 86.1 cm³/mol. The molecule has 1 aromatic rings. The van der Waals surface area contributed by atoms with E-state index in [2.05, 4.69) is 9.30 Å². The van der Waals surface area contributed by atoms with Gasteiger partial charge in [-0.05, 0) is 12.1 Å². The highest BCUT2D eigenvalue weighted by Gasteiger charge is 2.32. The number of sulfonamides is 1. The molecule has 0 amide bonds. The van der Waals surface area contributed by atoms with E-state index in [-0.39, 0.29) is 4.90 Å². The lowest BCUT2D eigenvalue weighted by Crippen LogP contribution is -2.50. The van der Waals surface area contributed by atoms with Crippen molar-refractivity contribution in [3.05, 3.63) is 29.8 Å². The summed E-state index contributed by atoms with van der Waals surface area (Å²) in [5.41, 5.74) is 0.681. The first-order valence-corrected chi connectivity index (χ1v) is 9.04. The summed E-state index contributed by atoms with van der Waals surface area (Å²) in [6.45, 7) is 3.75. The largest absolute Gasteiger partial charge is 0.389 e. The summed E-state index contributed by atoms with van der Waals surface area (Å²) in [6, 6.07) is 6.93. The fourth-order valence-corrected chi connectivity index (χ4v) is 4.23. The third-order valence-corrected chi connectivity index (χ3v) is 5.44. The second-order valence-corrected chi connectivity index (χ2v) is 7.36. The van der Waals surface area contributed by atoms with Gasteiger partial charge in [0.25, 0.3) is 10.0 Å². The molecule has 0 unspecified atom stereocenters. The van der Waals surface area contributed by atoms with Crippen molar-refractivity contribution in [2.24, 2.45) is 4.40 Å². The highest BCUT2D eigenvalue weighted by molar-refractivity contribution is 7.90. The van der Waals surface area contributed by atoms with Crippen molar-refractivity contribution >= 4 is 15.9 Å². The molecule has 1 saturated heterocycles. The summed E-state index contributed by atoms with van der Waals surface area (Å²) in [5.74, 6) is 0.540. The fourth-order valence-electron chi connectivity index (χ4n) is 3.00. The first-order valence-electron chi connectivity index (χ1n) is 7.60. The second-order valence-electron chi connectivity index (χ2n) is 5.78. The molecular formula is C15H21N3O4S. The van der Waals surface area contributed by atoms with E-state index in [4.69, 9.17) is 4.74 Å². The third kappa shape index (κ3) is 3.40. The monoisotopic (exact) mass is 339 g/mol. The Bertz CT molecular complexity index is 696. The smallest absolute Gasteiger partial charge is 0.285 e. The van der Waals surface area contributed by atoms with E-state index in [0.29, 0.717) is 37.6 Å². The standard InChI is InChI=1S/C15H21N3O4S/c1-22-11-12(19)10-17-6-8-18(9-7-17)15-13-4-2-3-5-14(13)23(20,21)16-15/h2-5,12,19H,6-11H2,1H3/t12-/m1/s1. The number of benzene rings is 1. The maximum absolute atomic E-state index is 12.1. The Balaban J connectivity index is 1.67. The van der Waals surface area contributed by atoms with E-state index in [1.54, 1.807) is 25.3 Å². The lowest BCUT2D eigenvalue weighted by atomic mass is 10.1. The molecule has 3 rings (SSSR count). The molecule has 7 nitrogen and oxygen atoms in total. The molecule has 0 aromatic heterocycles. The molecule has 0 aliphatic carbocycles. The van der Waals surface area contributed by atoms with Crippen molar-refractivity contribution in [1.29, 1.82) is 0 Å². The Morgan fingerprint density at radius 2 is 1.96 bits per heavy atom. The molecule has 1 N–H and O–H groups in total. The molecule has 2 heterocycles. The number of methoxy groups -OCH3 is 1. The topological polar surface area (TPSA) is 82.4 Å². The van der Waals surface area contributed by atoms with Gasteiger partial charge in [-0.2, -0.15) is 8.42 Å². The Morgan fingerprint density at radius 1 is 1.26 bits per heavy atom. The molecule has 0 bridgehead atoms. The van der Waals surface area contributed by atoms with Gasteiger partial charge in [0, 0.05) is 45.4 Å². The van der Waals surface area contributed by atoms with Crippen LogP contribution in [0.3, 0.4) is 0 Å². The minimum Gasteiger partial charge on any atom is -0.389 e. The number of nitrogens with zero attached hydrogens (tertiary/aromatic N) is 3. The highest BCUT2D eigenvalue weighted by atomic mass is 32.2. The number of hydrogen-bond donors (Lipinski definition) is 1. The summed E-state index contributed by atoms with van der Waals surface area (Å²) < 4.78 is 33.1. The van der Waals surface area contributed by atoms with E-state index < -0.39 is 16.1 Å². The lowest BCUT2D eigenvalue weighted by Gasteiger charge is -2.36. The number of β-amino-alcohol motifs (C(OH)–C–C–N with tert-alkyl or cyclic N) is 1. The van der Waals surface area contributed by atoms with Gasteiger partial charge in [0.1, 0.15) is 4.90 Å². The molecule has 126 valence electrons. The van der Waals surface area contributed by atoms with Gasteiger partial charge < -0.3 is 14.7 Å². The van der Waals surface area contributed by atoms with Gasteiger partial charge in [-0.3, -0.25) is 4.90 Å². The van der Waals surface area contributed by atoms with Crippen LogP contribution in [0.2, 0.25) is 0 Å². The normalized spacial score (nSPS) is 21.8. The number of ether oxygens (including phenoxy) is 1. The van der Waals surface area contributed by atoms with Crippen LogP contribution in [0.5, 0.6) is 0 Å². The van der Waals surface area contributed by atoms with Crippen LogP contribution in [-0.2, 0) is 14.8 Å². The molecule has 1 atom stereocenters. The zero-order chi connectivity index (χ0) is 16.4.